The quantitative estimate of drug-likeness (QED) is 0.612. The standard InChI is InChI=1S/C7H6O3.Bi.H2/c8-6-4-2-1-3-5(6)7(9)10;;/h1-4,8H,(H,9,10);;1H/q;+2;/p-2. The molecule has 0 aliphatic heterocycles. The summed E-state index contributed by atoms with van der Waals surface area (Å²) in [4.78, 5) is 10.1. The number of rotatable bonds is 1. The summed E-state index contributed by atoms with van der Waals surface area (Å²) >= 11 is 0. The van der Waals surface area contributed by atoms with Gasteiger partial charge in [0.25, 0.3) is 0 Å². The van der Waals surface area contributed by atoms with E-state index in [-0.39, 0.29) is 33.2 Å². The smallest absolute Gasteiger partial charge is 0.872 e. The second-order valence-electron chi connectivity index (χ2n) is 1.78. The van der Waals surface area contributed by atoms with Gasteiger partial charge in [0.1, 0.15) is 0 Å². The second-order valence-corrected chi connectivity index (χ2v) is 1.78. The van der Waals surface area contributed by atoms with Gasteiger partial charge in [-0.1, -0.05) is 30.0 Å². The van der Waals surface area contributed by atoms with Gasteiger partial charge in [0.05, 0.1) is 5.97 Å². The summed E-state index contributed by atoms with van der Waals surface area (Å²) in [6, 6.07) is 5.37. The molecular weight excluding hydrogens is 341 g/mol. The minimum Gasteiger partial charge on any atom is -0.872 e. The molecule has 4 heteroatoms. The molecule has 11 heavy (non-hydrogen) atoms. The molecule has 0 aromatic heterocycles. The molecule has 3 nitrogen and oxygen atoms in total. The first-order valence-corrected chi connectivity index (χ1v) is 2.69. The van der Waals surface area contributed by atoms with Gasteiger partial charge >= 0.3 is 26.2 Å². The van der Waals surface area contributed by atoms with Crippen LogP contribution in [0.4, 0.5) is 0 Å². The van der Waals surface area contributed by atoms with Crippen molar-refractivity contribution in [1.29, 1.82) is 0 Å². The van der Waals surface area contributed by atoms with Gasteiger partial charge in [0.2, 0.25) is 0 Å². The van der Waals surface area contributed by atoms with Crippen molar-refractivity contribution >= 4 is 32.2 Å². The van der Waals surface area contributed by atoms with Crippen LogP contribution in [0.5, 0.6) is 5.75 Å². The average Bonchev–Trinajstić information content (AvgIpc) is 1.88. The maximum absolute atomic E-state index is 10.6. The van der Waals surface area contributed by atoms with Gasteiger partial charge in [-0.3, -0.25) is 0 Å². The number of hydrogen-bond donors (Lipinski definition) is 0. The van der Waals surface area contributed by atoms with E-state index in [1.165, 1.54) is 24.3 Å². The summed E-state index contributed by atoms with van der Waals surface area (Å²) in [5.41, 5.74) is -0.289. The normalized spacial score (nSPS) is 8.36. The minimum absolute atomic E-state index is 0. The number of carbonyl (C=O) groups is 1. The molecule has 0 saturated carbocycles. The van der Waals surface area contributed by atoms with Crippen molar-refractivity contribution in [3.63, 3.8) is 0 Å². The summed E-state index contributed by atoms with van der Waals surface area (Å²) in [6.07, 6.45) is 0. The SMILES string of the molecule is O=C([O-])c1ccccc1[O-].[Bi+2].[HH]. The average molecular weight is 347 g/mol. The van der Waals surface area contributed by atoms with Crippen LogP contribution in [0.25, 0.3) is 0 Å². The van der Waals surface area contributed by atoms with Crippen LogP contribution in [0.15, 0.2) is 24.3 Å². The molecule has 0 amide bonds. The molecule has 57 valence electrons. The molecule has 0 aliphatic carbocycles. The van der Waals surface area contributed by atoms with E-state index in [0.717, 1.165) is 0 Å². The first-order chi connectivity index (χ1) is 4.72. The van der Waals surface area contributed by atoms with Crippen molar-refractivity contribution in [3.05, 3.63) is 29.8 Å². The second kappa shape index (κ2) is 4.29. The minimum atomic E-state index is -1.43. The van der Waals surface area contributed by atoms with E-state index in [9.17, 15) is 15.0 Å². The Labute approximate surface area is 84.3 Å². The molecule has 0 fully saturated rings. The van der Waals surface area contributed by atoms with Crippen LogP contribution in [0.1, 0.15) is 11.8 Å². The molecule has 0 unspecified atom stereocenters. The van der Waals surface area contributed by atoms with Crippen molar-refractivity contribution < 1.29 is 16.4 Å². The third-order valence-corrected chi connectivity index (χ3v) is 1.11. The van der Waals surface area contributed by atoms with Gasteiger partial charge in [-0.2, -0.15) is 0 Å². The van der Waals surface area contributed by atoms with E-state index in [1.54, 1.807) is 0 Å². The third-order valence-electron chi connectivity index (χ3n) is 1.11. The van der Waals surface area contributed by atoms with Gasteiger partial charge in [0, 0.05) is 1.43 Å². The predicted molar refractivity (Wildman–Crippen MR) is 38.1 cm³/mol. The summed E-state index contributed by atoms with van der Waals surface area (Å²) in [5.74, 6) is -1.94. The first-order valence-electron chi connectivity index (χ1n) is 2.69. The Balaban J connectivity index is 0. The molecule has 0 atom stereocenters. The molecule has 1 aromatic carbocycles. The van der Waals surface area contributed by atoms with E-state index in [2.05, 4.69) is 0 Å². The Morgan fingerprint density at radius 3 is 2.27 bits per heavy atom. The number of carboxylic acid groups (broad SMARTS) is 1. The van der Waals surface area contributed by atoms with Crippen molar-refractivity contribution in [3.8, 4) is 5.75 Å². The van der Waals surface area contributed by atoms with Crippen LogP contribution in [0.3, 0.4) is 0 Å². The van der Waals surface area contributed by atoms with Crippen LogP contribution in [0.2, 0.25) is 0 Å². The van der Waals surface area contributed by atoms with Crippen LogP contribution in [-0.4, -0.2) is 32.2 Å². The number of benzene rings is 1. The van der Waals surface area contributed by atoms with E-state index in [1.807, 2.05) is 0 Å². The summed E-state index contributed by atoms with van der Waals surface area (Å²) < 4.78 is 0. The van der Waals surface area contributed by atoms with E-state index in [0.29, 0.717) is 0 Å². The number of aromatic carboxylic acids is 1. The number of para-hydroxylation sites is 1. The molecule has 0 saturated heterocycles. The summed E-state index contributed by atoms with van der Waals surface area (Å²) in [7, 11) is 0. The van der Waals surface area contributed by atoms with Gasteiger partial charge in [-0.05, 0) is 5.56 Å². The Hall–Kier alpha value is -0.627. The fourth-order valence-electron chi connectivity index (χ4n) is 0.635. The zero-order valence-electron chi connectivity index (χ0n) is 5.48. The Bertz CT molecular complexity index is 265. The van der Waals surface area contributed by atoms with Crippen molar-refractivity contribution in [1.82, 2.24) is 0 Å². The van der Waals surface area contributed by atoms with Crippen LogP contribution < -0.4 is 10.2 Å². The zero-order valence-corrected chi connectivity index (χ0v) is 8.96. The van der Waals surface area contributed by atoms with Gasteiger partial charge in [-0.25, -0.2) is 0 Å². The summed E-state index contributed by atoms with van der Waals surface area (Å²) in [5, 5.41) is 20.8. The Morgan fingerprint density at radius 2 is 1.91 bits per heavy atom. The topological polar surface area (TPSA) is 63.2 Å². The Kier molecular flexibility index (Phi) is 4.05. The number of carbonyl (C=O) groups excluding carboxylic acids is 1. The molecule has 0 heterocycles. The zero-order chi connectivity index (χ0) is 7.56. The molecule has 1 rings (SSSR count). The van der Waals surface area contributed by atoms with E-state index < -0.39 is 11.7 Å². The Morgan fingerprint density at radius 1 is 1.36 bits per heavy atom. The first kappa shape index (κ1) is 10.4. The van der Waals surface area contributed by atoms with Gasteiger partial charge < -0.3 is 15.0 Å². The number of carboxylic acids is 1. The largest absolute Gasteiger partial charge is 2.00 e. The maximum atomic E-state index is 10.6. The van der Waals surface area contributed by atoms with Crippen molar-refractivity contribution in [2.24, 2.45) is 0 Å². The molecule has 0 bridgehead atoms. The fourth-order valence-corrected chi connectivity index (χ4v) is 0.635. The van der Waals surface area contributed by atoms with Crippen molar-refractivity contribution in [2.45, 2.75) is 0 Å². The maximum Gasteiger partial charge on any atom is 2.00 e. The predicted octanol–water partition coefficient (Wildman–Crippen LogP) is -1.01. The van der Waals surface area contributed by atoms with Gasteiger partial charge in [0.15, 0.2) is 0 Å². The number of hydrogen-bond acceptors (Lipinski definition) is 3. The fraction of sp³-hybridized carbons (Fsp3) is 0. The van der Waals surface area contributed by atoms with Crippen LogP contribution >= 0.6 is 0 Å². The third kappa shape index (κ3) is 2.47. The molecule has 0 N–H and O–H groups in total. The monoisotopic (exact) mass is 347 g/mol. The van der Waals surface area contributed by atoms with E-state index >= 15 is 0 Å². The van der Waals surface area contributed by atoms with Gasteiger partial charge in [-0.15, -0.1) is 0 Å². The molecule has 0 aliphatic rings. The molecule has 3 radical (unpaired) electrons. The van der Waals surface area contributed by atoms with Crippen LogP contribution in [0, 0.1) is 0 Å². The van der Waals surface area contributed by atoms with Crippen molar-refractivity contribution in [2.75, 3.05) is 0 Å². The molecule has 0 spiro atoms. The van der Waals surface area contributed by atoms with Crippen LogP contribution in [-0.2, 0) is 0 Å². The molecule has 1 aromatic rings. The molecular formula is C7H6BiO3. The van der Waals surface area contributed by atoms with E-state index in [4.69, 9.17) is 0 Å². The summed E-state index contributed by atoms with van der Waals surface area (Å²) in [6.45, 7) is 0.